The van der Waals surface area contributed by atoms with Gasteiger partial charge in [-0.2, -0.15) is 5.26 Å². The van der Waals surface area contributed by atoms with E-state index in [2.05, 4.69) is 15.6 Å². The van der Waals surface area contributed by atoms with Gasteiger partial charge in [0.05, 0.1) is 18.5 Å². The molecule has 2 N–H and O–H groups in total. The van der Waals surface area contributed by atoms with Crippen LogP contribution < -0.4 is 10.6 Å². The molecule has 2 rings (SSSR count). The third-order valence-corrected chi connectivity index (χ3v) is 2.43. The van der Waals surface area contributed by atoms with Crippen LogP contribution in [0.1, 0.15) is 5.69 Å². The van der Waals surface area contributed by atoms with Crippen LogP contribution in [-0.2, 0) is 9.53 Å². The van der Waals surface area contributed by atoms with E-state index in [1.807, 2.05) is 0 Å². The number of carbonyl (C=O) groups excluding carboxylic acids is 1. The first-order valence-corrected chi connectivity index (χ1v) is 5.39. The topological polar surface area (TPSA) is 87.0 Å². The summed E-state index contributed by atoms with van der Waals surface area (Å²) in [6, 6.07) is 2.66. The Morgan fingerprint density at radius 1 is 1.68 bits per heavy atom. The average Bonchev–Trinajstić information content (AvgIpc) is 2.40. The van der Waals surface area contributed by atoms with Crippen LogP contribution in [0.15, 0.2) is 12.3 Å². The predicted octanol–water partition coefficient (Wildman–Crippen LogP) is 0.441. The molecule has 1 atom stereocenters. The Labute approximate surface area is 115 Å². The molecule has 1 amide bonds. The summed E-state index contributed by atoms with van der Waals surface area (Å²) < 4.78 is 18.5. The summed E-state index contributed by atoms with van der Waals surface area (Å²) in [6.45, 7) is 1.58. The molecule has 1 saturated heterocycles. The summed E-state index contributed by atoms with van der Waals surface area (Å²) in [6.07, 6.45) is 0.632. The van der Waals surface area contributed by atoms with E-state index in [0.717, 1.165) is 6.07 Å². The number of nitrogens with one attached hydrogen (secondary N) is 2. The van der Waals surface area contributed by atoms with Gasteiger partial charge in [-0.15, -0.1) is 12.4 Å². The highest BCUT2D eigenvalue weighted by Crippen LogP contribution is 2.11. The van der Waals surface area contributed by atoms with E-state index in [-0.39, 0.29) is 29.7 Å². The smallest absolute Gasteiger partial charge is 0.254 e. The molecule has 2 heterocycles. The zero-order valence-corrected chi connectivity index (χ0v) is 10.7. The molecule has 0 spiro atoms. The summed E-state index contributed by atoms with van der Waals surface area (Å²) in [5.74, 6) is -1.13. The van der Waals surface area contributed by atoms with Gasteiger partial charge in [-0.05, 0) is 0 Å². The number of nitrogens with zero attached hydrogens (tertiary/aromatic N) is 2. The highest BCUT2D eigenvalue weighted by Gasteiger charge is 2.22. The largest absolute Gasteiger partial charge is 0.366 e. The molecule has 1 aromatic heterocycles. The summed E-state index contributed by atoms with van der Waals surface area (Å²) in [5.41, 5.74) is -0.103. The van der Waals surface area contributed by atoms with Gasteiger partial charge in [0, 0.05) is 19.2 Å². The molecule has 19 heavy (non-hydrogen) atoms. The SMILES string of the molecule is Cl.N#Cc1ncc(NC(=O)C2CNCCO2)cc1F. The first-order chi connectivity index (χ1) is 8.70. The molecule has 1 unspecified atom stereocenters. The second-order valence-electron chi connectivity index (χ2n) is 3.72. The molecule has 6 nitrogen and oxygen atoms in total. The van der Waals surface area contributed by atoms with Gasteiger partial charge in [0.2, 0.25) is 0 Å². The van der Waals surface area contributed by atoms with E-state index < -0.39 is 11.9 Å². The van der Waals surface area contributed by atoms with Crippen molar-refractivity contribution in [2.75, 3.05) is 25.0 Å². The van der Waals surface area contributed by atoms with E-state index >= 15 is 0 Å². The quantitative estimate of drug-likeness (QED) is 0.824. The number of aromatic nitrogens is 1. The number of hydrogen-bond donors (Lipinski definition) is 2. The molecule has 1 aliphatic heterocycles. The predicted molar refractivity (Wildman–Crippen MR) is 67.4 cm³/mol. The van der Waals surface area contributed by atoms with Crippen molar-refractivity contribution in [3.05, 3.63) is 23.8 Å². The maximum absolute atomic E-state index is 13.3. The van der Waals surface area contributed by atoms with E-state index in [1.165, 1.54) is 6.20 Å². The van der Waals surface area contributed by atoms with Crippen molar-refractivity contribution in [2.45, 2.75) is 6.10 Å². The molecule has 0 aromatic carbocycles. The normalized spacial score (nSPS) is 18.0. The van der Waals surface area contributed by atoms with Gasteiger partial charge in [0.1, 0.15) is 12.2 Å². The fraction of sp³-hybridized carbons (Fsp3) is 0.364. The van der Waals surface area contributed by atoms with Gasteiger partial charge in [-0.25, -0.2) is 9.37 Å². The monoisotopic (exact) mass is 286 g/mol. The Bertz CT molecular complexity index is 500. The van der Waals surface area contributed by atoms with Crippen LogP contribution in [0.4, 0.5) is 10.1 Å². The highest BCUT2D eigenvalue weighted by molar-refractivity contribution is 5.94. The molecular weight excluding hydrogens is 275 g/mol. The van der Waals surface area contributed by atoms with Crippen LogP contribution in [0.2, 0.25) is 0 Å². The summed E-state index contributed by atoms with van der Waals surface area (Å²) in [4.78, 5) is 15.3. The molecule has 0 bridgehead atoms. The van der Waals surface area contributed by atoms with Crippen molar-refractivity contribution in [3.8, 4) is 6.07 Å². The standard InChI is InChI=1S/C11H11FN4O2.ClH/c12-8-3-7(5-15-9(8)4-13)16-11(17)10-6-14-1-2-18-10;/h3,5,10,14H,1-2,6H2,(H,16,17);1H. The summed E-state index contributed by atoms with van der Waals surface area (Å²) in [5, 5.41) is 14.0. The van der Waals surface area contributed by atoms with E-state index in [0.29, 0.717) is 19.7 Å². The van der Waals surface area contributed by atoms with Crippen LogP contribution in [0.3, 0.4) is 0 Å². The zero-order valence-electron chi connectivity index (χ0n) is 9.85. The molecular formula is C11H12ClFN4O2. The van der Waals surface area contributed by atoms with Crippen LogP contribution >= 0.6 is 12.4 Å². The summed E-state index contributed by atoms with van der Waals surface area (Å²) >= 11 is 0. The molecule has 8 heteroatoms. The lowest BCUT2D eigenvalue weighted by Crippen LogP contribution is -2.45. The van der Waals surface area contributed by atoms with E-state index in [4.69, 9.17) is 10.00 Å². The molecule has 1 aliphatic rings. The lowest BCUT2D eigenvalue weighted by molar-refractivity contribution is -0.128. The van der Waals surface area contributed by atoms with Crippen molar-refractivity contribution in [3.63, 3.8) is 0 Å². The Hall–Kier alpha value is -1.75. The minimum Gasteiger partial charge on any atom is -0.366 e. The number of carbonyl (C=O) groups is 1. The van der Waals surface area contributed by atoms with Gasteiger partial charge in [-0.1, -0.05) is 0 Å². The summed E-state index contributed by atoms with van der Waals surface area (Å²) in [7, 11) is 0. The van der Waals surface area contributed by atoms with Crippen LogP contribution in [-0.4, -0.2) is 36.7 Å². The van der Waals surface area contributed by atoms with Gasteiger partial charge in [-0.3, -0.25) is 4.79 Å². The van der Waals surface area contributed by atoms with Gasteiger partial charge < -0.3 is 15.4 Å². The second kappa shape index (κ2) is 6.99. The van der Waals surface area contributed by atoms with Gasteiger partial charge in [0.25, 0.3) is 5.91 Å². The minimum atomic E-state index is -0.766. The Morgan fingerprint density at radius 2 is 2.47 bits per heavy atom. The first-order valence-electron chi connectivity index (χ1n) is 5.39. The first kappa shape index (κ1) is 15.3. The van der Waals surface area contributed by atoms with E-state index in [9.17, 15) is 9.18 Å². The lowest BCUT2D eigenvalue weighted by Gasteiger charge is -2.22. The van der Waals surface area contributed by atoms with Crippen molar-refractivity contribution < 1.29 is 13.9 Å². The Balaban J connectivity index is 0.00000180. The van der Waals surface area contributed by atoms with Crippen molar-refractivity contribution in [1.82, 2.24) is 10.3 Å². The molecule has 0 aliphatic carbocycles. The van der Waals surface area contributed by atoms with Crippen LogP contribution in [0, 0.1) is 17.1 Å². The molecule has 1 fully saturated rings. The molecule has 0 saturated carbocycles. The minimum absolute atomic E-state index is 0. The number of halogens is 2. The average molecular weight is 287 g/mol. The zero-order chi connectivity index (χ0) is 13.0. The van der Waals surface area contributed by atoms with Crippen LogP contribution in [0.5, 0.6) is 0 Å². The Kier molecular flexibility index (Phi) is 5.63. The molecule has 0 radical (unpaired) electrons. The number of hydrogen-bond acceptors (Lipinski definition) is 5. The number of amides is 1. The number of morpholine rings is 1. The number of anilines is 1. The van der Waals surface area contributed by atoms with Crippen molar-refractivity contribution in [1.29, 1.82) is 5.26 Å². The van der Waals surface area contributed by atoms with Crippen molar-refractivity contribution in [2.24, 2.45) is 0 Å². The fourth-order valence-corrected chi connectivity index (χ4v) is 1.55. The number of ether oxygens (including phenoxy) is 1. The van der Waals surface area contributed by atoms with Crippen LogP contribution in [0.25, 0.3) is 0 Å². The maximum atomic E-state index is 13.3. The lowest BCUT2D eigenvalue weighted by atomic mass is 10.2. The number of rotatable bonds is 2. The Morgan fingerprint density at radius 3 is 3.05 bits per heavy atom. The highest BCUT2D eigenvalue weighted by atomic mass is 35.5. The molecule has 102 valence electrons. The van der Waals surface area contributed by atoms with E-state index in [1.54, 1.807) is 6.07 Å². The third-order valence-electron chi connectivity index (χ3n) is 2.43. The molecule has 1 aromatic rings. The number of nitriles is 1. The fourth-order valence-electron chi connectivity index (χ4n) is 1.55. The second-order valence-corrected chi connectivity index (χ2v) is 3.72. The van der Waals surface area contributed by atoms with Crippen molar-refractivity contribution >= 4 is 24.0 Å². The number of pyridine rings is 1. The van der Waals surface area contributed by atoms with Gasteiger partial charge >= 0.3 is 0 Å². The third kappa shape index (κ3) is 3.86. The van der Waals surface area contributed by atoms with Gasteiger partial charge in [0.15, 0.2) is 11.5 Å². The maximum Gasteiger partial charge on any atom is 0.254 e.